The molecular weight excluding hydrogens is 150 g/mol. The van der Waals surface area contributed by atoms with E-state index in [-0.39, 0.29) is 6.04 Å². The highest BCUT2D eigenvalue weighted by Gasteiger charge is 2.05. The fourth-order valence-corrected chi connectivity index (χ4v) is 1.23. The van der Waals surface area contributed by atoms with Crippen molar-refractivity contribution < 1.29 is 4.42 Å². The Morgan fingerprint density at radius 2 is 2.08 bits per heavy atom. The maximum Gasteiger partial charge on any atom is 0.134 e. The van der Waals surface area contributed by atoms with Crippen LogP contribution < -0.4 is 5.73 Å². The molecule has 0 saturated heterocycles. The van der Waals surface area contributed by atoms with Gasteiger partial charge in [-0.2, -0.15) is 0 Å². The normalized spacial score (nSPS) is 13.5. The lowest BCUT2D eigenvalue weighted by atomic mass is 10.2. The quantitative estimate of drug-likeness (QED) is 0.697. The molecule has 1 aromatic carbocycles. The maximum atomic E-state index is 5.68. The first kappa shape index (κ1) is 7.37. The zero-order chi connectivity index (χ0) is 8.55. The monoisotopic (exact) mass is 161 g/mol. The molecule has 2 nitrogen and oxygen atoms in total. The van der Waals surface area contributed by atoms with E-state index in [1.807, 2.05) is 37.3 Å². The second-order valence-corrected chi connectivity index (χ2v) is 2.98. The van der Waals surface area contributed by atoms with E-state index in [2.05, 4.69) is 0 Å². The van der Waals surface area contributed by atoms with E-state index in [4.69, 9.17) is 10.2 Å². The summed E-state index contributed by atoms with van der Waals surface area (Å²) in [6.45, 7) is 1.91. The van der Waals surface area contributed by atoms with Crippen molar-refractivity contribution in [1.29, 1.82) is 0 Å². The molecular formula is C10H11NO. The van der Waals surface area contributed by atoms with Crippen LogP contribution in [0.4, 0.5) is 0 Å². The summed E-state index contributed by atoms with van der Waals surface area (Å²) in [5.74, 6) is 0.844. The molecule has 1 aromatic heterocycles. The number of fused-ring (bicyclic) bond motifs is 1. The van der Waals surface area contributed by atoms with Crippen molar-refractivity contribution in [2.75, 3.05) is 0 Å². The molecule has 0 aliphatic carbocycles. The van der Waals surface area contributed by atoms with Gasteiger partial charge in [0.2, 0.25) is 0 Å². The lowest BCUT2D eigenvalue weighted by Gasteiger charge is -1.96. The van der Waals surface area contributed by atoms with Gasteiger partial charge < -0.3 is 10.2 Å². The highest BCUT2D eigenvalue weighted by Crippen LogP contribution is 2.21. The largest absolute Gasteiger partial charge is 0.459 e. The van der Waals surface area contributed by atoms with Crippen LogP contribution in [-0.2, 0) is 0 Å². The fraction of sp³-hybridized carbons (Fsp3) is 0.200. The van der Waals surface area contributed by atoms with E-state index >= 15 is 0 Å². The lowest BCUT2D eigenvalue weighted by molar-refractivity contribution is 0.513. The van der Waals surface area contributed by atoms with Crippen LogP contribution >= 0.6 is 0 Å². The molecule has 1 atom stereocenters. The molecule has 2 N–H and O–H groups in total. The minimum Gasteiger partial charge on any atom is -0.459 e. The predicted molar refractivity (Wildman–Crippen MR) is 48.8 cm³/mol. The molecule has 0 spiro atoms. The molecule has 2 heteroatoms. The van der Waals surface area contributed by atoms with Crippen molar-refractivity contribution in [2.24, 2.45) is 5.73 Å². The minimum atomic E-state index is -0.0302. The van der Waals surface area contributed by atoms with Crippen LogP contribution in [0.1, 0.15) is 18.7 Å². The predicted octanol–water partition coefficient (Wildman–Crippen LogP) is 2.45. The van der Waals surface area contributed by atoms with Crippen molar-refractivity contribution in [3.05, 3.63) is 36.1 Å². The third kappa shape index (κ3) is 1.10. The van der Waals surface area contributed by atoms with Gasteiger partial charge in [-0.1, -0.05) is 18.2 Å². The lowest BCUT2D eigenvalue weighted by Crippen LogP contribution is -2.02. The molecule has 2 rings (SSSR count). The number of hydrogen-bond donors (Lipinski definition) is 1. The van der Waals surface area contributed by atoms with Crippen molar-refractivity contribution >= 4 is 11.0 Å². The zero-order valence-electron chi connectivity index (χ0n) is 6.95. The van der Waals surface area contributed by atoms with Crippen molar-refractivity contribution in [3.63, 3.8) is 0 Å². The number of rotatable bonds is 1. The third-order valence-corrected chi connectivity index (χ3v) is 1.89. The van der Waals surface area contributed by atoms with Crippen molar-refractivity contribution in [3.8, 4) is 0 Å². The van der Waals surface area contributed by atoms with Crippen molar-refractivity contribution in [1.82, 2.24) is 0 Å². The van der Waals surface area contributed by atoms with Gasteiger partial charge in [0.1, 0.15) is 11.3 Å². The first-order valence-corrected chi connectivity index (χ1v) is 4.01. The maximum absolute atomic E-state index is 5.68. The summed E-state index contributed by atoms with van der Waals surface area (Å²) in [6.07, 6.45) is 0. The molecule has 62 valence electrons. The molecule has 0 amide bonds. The molecule has 0 fully saturated rings. The summed E-state index contributed by atoms with van der Waals surface area (Å²) in [5.41, 5.74) is 6.59. The van der Waals surface area contributed by atoms with Crippen LogP contribution in [0.3, 0.4) is 0 Å². The first-order valence-electron chi connectivity index (χ1n) is 4.01. The van der Waals surface area contributed by atoms with Gasteiger partial charge in [-0.25, -0.2) is 0 Å². The molecule has 0 aliphatic heterocycles. The van der Waals surface area contributed by atoms with E-state index in [0.717, 1.165) is 16.7 Å². The Hall–Kier alpha value is -1.28. The summed E-state index contributed by atoms with van der Waals surface area (Å²) < 4.78 is 5.50. The fourth-order valence-electron chi connectivity index (χ4n) is 1.23. The molecule has 0 aliphatic rings. The van der Waals surface area contributed by atoms with Gasteiger partial charge in [-0.05, 0) is 19.1 Å². The van der Waals surface area contributed by atoms with E-state index in [0.29, 0.717) is 0 Å². The van der Waals surface area contributed by atoms with Gasteiger partial charge >= 0.3 is 0 Å². The second-order valence-electron chi connectivity index (χ2n) is 2.98. The number of furan rings is 1. The molecule has 2 aromatic rings. The van der Waals surface area contributed by atoms with Gasteiger partial charge in [0.15, 0.2) is 0 Å². The second kappa shape index (κ2) is 2.64. The standard InChI is InChI=1S/C10H11NO/c1-7(11)10-6-8-4-2-3-5-9(8)12-10/h2-7H,11H2,1H3. The highest BCUT2D eigenvalue weighted by molar-refractivity contribution is 5.77. The Balaban J connectivity index is 2.62. The Kier molecular flexibility index (Phi) is 1.62. The molecule has 0 bridgehead atoms. The minimum absolute atomic E-state index is 0.0302. The SMILES string of the molecule is CC(N)c1cc2ccccc2o1. The van der Waals surface area contributed by atoms with Gasteiger partial charge in [-0.15, -0.1) is 0 Å². The summed E-state index contributed by atoms with van der Waals surface area (Å²) in [5, 5.41) is 1.12. The van der Waals surface area contributed by atoms with E-state index in [9.17, 15) is 0 Å². The molecule has 0 saturated carbocycles. The summed E-state index contributed by atoms with van der Waals surface area (Å²) in [7, 11) is 0. The molecule has 12 heavy (non-hydrogen) atoms. The van der Waals surface area contributed by atoms with E-state index in [1.54, 1.807) is 0 Å². The smallest absolute Gasteiger partial charge is 0.134 e. The number of nitrogens with two attached hydrogens (primary N) is 1. The molecule has 1 heterocycles. The van der Waals surface area contributed by atoms with Crippen molar-refractivity contribution in [2.45, 2.75) is 13.0 Å². The number of para-hydroxylation sites is 1. The van der Waals surface area contributed by atoms with Crippen LogP contribution in [0.25, 0.3) is 11.0 Å². The average molecular weight is 161 g/mol. The summed E-state index contributed by atoms with van der Waals surface area (Å²) in [4.78, 5) is 0. The van der Waals surface area contributed by atoms with Crippen LogP contribution in [0.15, 0.2) is 34.7 Å². The number of benzene rings is 1. The van der Waals surface area contributed by atoms with Gasteiger partial charge in [0.25, 0.3) is 0 Å². The van der Waals surface area contributed by atoms with Crippen LogP contribution in [0.5, 0.6) is 0 Å². The summed E-state index contributed by atoms with van der Waals surface area (Å²) in [6, 6.07) is 9.86. The van der Waals surface area contributed by atoms with Crippen LogP contribution in [-0.4, -0.2) is 0 Å². The Labute approximate surface area is 71.0 Å². The average Bonchev–Trinajstić information content (AvgIpc) is 2.46. The van der Waals surface area contributed by atoms with Gasteiger partial charge in [0.05, 0.1) is 6.04 Å². The summed E-state index contributed by atoms with van der Waals surface area (Å²) >= 11 is 0. The molecule has 0 radical (unpaired) electrons. The first-order chi connectivity index (χ1) is 5.77. The Morgan fingerprint density at radius 3 is 2.75 bits per heavy atom. The van der Waals surface area contributed by atoms with Crippen LogP contribution in [0, 0.1) is 0 Å². The Bertz CT molecular complexity index is 356. The van der Waals surface area contributed by atoms with E-state index < -0.39 is 0 Å². The third-order valence-electron chi connectivity index (χ3n) is 1.89. The van der Waals surface area contributed by atoms with Crippen LogP contribution in [0.2, 0.25) is 0 Å². The Morgan fingerprint density at radius 1 is 1.33 bits per heavy atom. The highest BCUT2D eigenvalue weighted by atomic mass is 16.3. The topological polar surface area (TPSA) is 39.2 Å². The van der Waals surface area contributed by atoms with E-state index in [1.165, 1.54) is 0 Å². The molecule has 1 unspecified atom stereocenters. The zero-order valence-corrected chi connectivity index (χ0v) is 6.95. The van der Waals surface area contributed by atoms with Gasteiger partial charge in [-0.3, -0.25) is 0 Å². The van der Waals surface area contributed by atoms with Gasteiger partial charge in [0, 0.05) is 5.39 Å². The number of hydrogen-bond acceptors (Lipinski definition) is 2.